The van der Waals surface area contributed by atoms with Crippen molar-refractivity contribution in [2.75, 3.05) is 26.2 Å². The molecule has 0 aromatic rings. The van der Waals surface area contributed by atoms with E-state index in [2.05, 4.69) is 5.32 Å². The fraction of sp³-hybridized carbons (Fsp3) is 0.786. The normalized spacial score (nSPS) is 22.5. The summed E-state index contributed by atoms with van der Waals surface area (Å²) in [6.45, 7) is 3.63. The van der Waals surface area contributed by atoms with E-state index in [1.165, 1.54) is 0 Å². The number of carbonyl (C=O) groups excluding carboxylic acids is 3. The summed E-state index contributed by atoms with van der Waals surface area (Å²) in [5.41, 5.74) is 10.8. The van der Waals surface area contributed by atoms with Gasteiger partial charge in [-0.1, -0.05) is 0 Å². The van der Waals surface area contributed by atoms with Gasteiger partial charge in [-0.25, -0.2) is 4.79 Å². The lowest BCUT2D eigenvalue weighted by atomic mass is 10.2. The zero-order chi connectivity index (χ0) is 16.3. The molecular formula is C14H25N5O3. The minimum absolute atomic E-state index is 0.0966. The highest BCUT2D eigenvalue weighted by Gasteiger charge is 2.37. The Morgan fingerprint density at radius 1 is 1.41 bits per heavy atom. The molecule has 2 fully saturated rings. The Morgan fingerprint density at radius 2 is 2.09 bits per heavy atom. The van der Waals surface area contributed by atoms with Crippen molar-refractivity contribution >= 4 is 17.8 Å². The summed E-state index contributed by atoms with van der Waals surface area (Å²) in [4.78, 5) is 38.7. The molecule has 0 unspecified atom stereocenters. The van der Waals surface area contributed by atoms with E-state index in [0.717, 1.165) is 12.8 Å². The summed E-state index contributed by atoms with van der Waals surface area (Å²) >= 11 is 0. The Balaban J connectivity index is 1.94. The molecule has 0 aromatic heterocycles. The van der Waals surface area contributed by atoms with Crippen LogP contribution >= 0.6 is 0 Å². The summed E-state index contributed by atoms with van der Waals surface area (Å²) in [6.07, 6.45) is 2.83. The lowest BCUT2D eigenvalue weighted by molar-refractivity contribution is -0.143. The molecule has 1 saturated carbocycles. The molecule has 124 valence electrons. The Bertz CT molecular complexity index is 452. The SMILES string of the molecule is C[C@@H](C(=O)N(CCNC(N)=O)CC1CC1)N1CC[C@H](N)C1=O. The summed E-state index contributed by atoms with van der Waals surface area (Å²) < 4.78 is 0. The van der Waals surface area contributed by atoms with Crippen molar-refractivity contribution in [3.05, 3.63) is 0 Å². The lowest BCUT2D eigenvalue weighted by Gasteiger charge is -2.30. The summed E-state index contributed by atoms with van der Waals surface area (Å²) in [6, 6.07) is -1.62. The van der Waals surface area contributed by atoms with E-state index in [0.29, 0.717) is 38.5 Å². The highest BCUT2D eigenvalue weighted by Crippen LogP contribution is 2.30. The first-order chi connectivity index (χ1) is 10.4. The number of amides is 4. The van der Waals surface area contributed by atoms with Gasteiger partial charge >= 0.3 is 6.03 Å². The maximum absolute atomic E-state index is 12.7. The second-order valence-electron chi connectivity index (χ2n) is 6.12. The molecule has 1 aliphatic carbocycles. The van der Waals surface area contributed by atoms with Crippen molar-refractivity contribution < 1.29 is 14.4 Å². The number of rotatable bonds is 7. The number of likely N-dealkylation sites (tertiary alicyclic amines) is 1. The highest BCUT2D eigenvalue weighted by atomic mass is 16.2. The van der Waals surface area contributed by atoms with Crippen LogP contribution < -0.4 is 16.8 Å². The number of nitrogens with two attached hydrogens (primary N) is 2. The van der Waals surface area contributed by atoms with E-state index in [9.17, 15) is 14.4 Å². The van der Waals surface area contributed by atoms with Gasteiger partial charge in [0.05, 0.1) is 6.04 Å². The van der Waals surface area contributed by atoms with Gasteiger partial charge in [0.25, 0.3) is 0 Å². The zero-order valence-electron chi connectivity index (χ0n) is 13.0. The largest absolute Gasteiger partial charge is 0.352 e. The van der Waals surface area contributed by atoms with Gasteiger partial charge in [-0.05, 0) is 32.1 Å². The molecule has 2 rings (SSSR count). The van der Waals surface area contributed by atoms with Gasteiger partial charge in [-0.2, -0.15) is 0 Å². The first-order valence-electron chi connectivity index (χ1n) is 7.78. The Hall–Kier alpha value is -1.83. The molecule has 0 aromatic carbocycles. The molecule has 2 aliphatic rings. The zero-order valence-corrected chi connectivity index (χ0v) is 13.0. The quantitative estimate of drug-likeness (QED) is 0.549. The Kier molecular flexibility index (Phi) is 5.23. The van der Waals surface area contributed by atoms with Crippen LogP contribution in [0.2, 0.25) is 0 Å². The topological polar surface area (TPSA) is 122 Å². The third kappa shape index (κ3) is 4.09. The van der Waals surface area contributed by atoms with Crippen LogP contribution in [0.25, 0.3) is 0 Å². The van der Waals surface area contributed by atoms with Gasteiger partial charge in [0, 0.05) is 26.2 Å². The fourth-order valence-corrected chi connectivity index (χ4v) is 2.72. The molecule has 8 nitrogen and oxygen atoms in total. The molecule has 22 heavy (non-hydrogen) atoms. The van der Waals surface area contributed by atoms with Crippen molar-refractivity contribution in [1.29, 1.82) is 0 Å². The standard InChI is InChI=1S/C14H25N5O3/c1-9(19-6-4-11(15)13(19)21)12(20)18(8-10-2-3-10)7-5-17-14(16)22/h9-11H,2-8,15H2,1H3,(H3,16,17,22)/t9-,11-/m0/s1. The van der Waals surface area contributed by atoms with E-state index in [1.807, 2.05) is 0 Å². The Labute approximate surface area is 130 Å². The number of nitrogens with zero attached hydrogens (tertiary/aromatic N) is 2. The van der Waals surface area contributed by atoms with Gasteiger partial charge in [0.1, 0.15) is 6.04 Å². The van der Waals surface area contributed by atoms with Crippen LogP contribution in [-0.2, 0) is 9.59 Å². The monoisotopic (exact) mass is 311 g/mol. The van der Waals surface area contributed by atoms with Crippen molar-refractivity contribution in [1.82, 2.24) is 15.1 Å². The molecule has 5 N–H and O–H groups in total. The third-order valence-electron chi connectivity index (χ3n) is 4.27. The second kappa shape index (κ2) is 6.95. The van der Waals surface area contributed by atoms with Gasteiger partial charge in [-0.3, -0.25) is 9.59 Å². The van der Waals surface area contributed by atoms with Crippen LogP contribution in [-0.4, -0.2) is 65.9 Å². The molecule has 0 bridgehead atoms. The summed E-state index contributed by atoms with van der Waals surface area (Å²) in [5.74, 6) is 0.268. The molecule has 0 spiro atoms. The van der Waals surface area contributed by atoms with Crippen molar-refractivity contribution in [2.45, 2.75) is 38.3 Å². The number of primary amides is 1. The Morgan fingerprint density at radius 3 is 2.59 bits per heavy atom. The van der Waals surface area contributed by atoms with E-state index >= 15 is 0 Å². The van der Waals surface area contributed by atoms with Crippen LogP contribution in [0.3, 0.4) is 0 Å². The van der Waals surface area contributed by atoms with Crippen LogP contribution in [0.5, 0.6) is 0 Å². The maximum atomic E-state index is 12.7. The highest BCUT2D eigenvalue weighted by molar-refractivity contribution is 5.90. The van der Waals surface area contributed by atoms with Gasteiger partial charge in [-0.15, -0.1) is 0 Å². The second-order valence-corrected chi connectivity index (χ2v) is 6.12. The molecule has 1 saturated heterocycles. The van der Waals surface area contributed by atoms with Crippen LogP contribution in [0.1, 0.15) is 26.2 Å². The number of nitrogens with one attached hydrogen (secondary N) is 1. The minimum Gasteiger partial charge on any atom is -0.352 e. The van der Waals surface area contributed by atoms with Crippen LogP contribution in [0.4, 0.5) is 4.79 Å². The molecule has 8 heteroatoms. The molecule has 1 aliphatic heterocycles. The first kappa shape index (κ1) is 16.5. The molecular weight excluding hydrogens is 286 g/mol. The van der Waals surface area contributed by atoms with Crippen LogP contribution in [0, 0.1) is 5.92 Å². The lowest BCUT2D eigenvalue weighted by Crippen LogP contribution is -2.51. The van der Waals surface area contributed by atoms with E-state index in [1.54, 1.807) is 16.7 Å². The van der Waals surface area contributed by atoms with Crippen molar-refractivity contribution in [3.8, 4) is 0 Å². The maximum Gasteiger partial charge on any atom is 0.312 e. The average molecular weight is 311 g/mol. The molecule has 2 atom stereocenters. The van der Waals surface area contributed by atoms with Crippen molar-refractivity contribution in [3.63, 3.8) is 0 Å². The number of hydrogen-bond donors (Lipinski definition) is 3. The van der Waals surface area contributed by atoms with E-state index in [-0.39, 0.29) is 11.8 Å². The van der Waals surface area contributed by atoms with E-state index in [4.69, 9.17) is 11.5 Å². The predicted octanol–water partition coefficient (Wildman–Crippen LogP) is -1.16. The van der Waals surface area contributed by atoms with Gasteiger partial charge in [0.15, 0.2) is 0 Å². The van der Waals surface area contributed by atoms with Crippen molar-refractivity contribution in [2.24, 2.45) is 17.4 Å². The number of hydrogen-bond acceptors (Lipinski definition) is 4. The summed E-state index contributed by atoms with van der Waals surface area (Å²) in [7, 11) is 0. The van der Waals surface area contributed by atoms with Crippen LogP contribution in [0.15, 0.2) is 0 Å². The average Bonchev–Trinajstić information content (AvgIpc) is 3.22. The minimum atomic E-state index is -0.604. The number of urea groups is 1. The van der Waals surface area contributed by atoms with E-state index < -0.39 is 18.1 Å². The molecule has 1 heterocycles. The smallest absolute Gasteiger partial charge is 0.312 e. The molecule has 4 amide bonds. The predicted molar refractivity (Wildman–Crippen MR) is 80.7 cm³/mol. The fourth-order valence-electron chi connectivity index (χ4n) is 2.72. The number of carbonyl (C=O) groups is 3. The molecule has 0 radical (unpaired) electrons. The van der Waals surface area contributed by atoms with Gasteiger partial charge < -0.3 is 26.6 Å². The summed E-state index contributed by atoms with van der Waals surface area (Å²) in [5, 5.41) is 2.49. The van der Waals surface area contributed by atoms with Gasteiger partial charge in [0.2, 0.25) is 11.8 Å². The third-order valence-corrected chi connectivity index (χ3v) is 4.27. The first-order valence-corrected chi connectivity index (χ1v) is 7.78.